The number of carboxylic acid groups (broad SMARTS) is 1. The molecule has 7 N–H and O–H groups in total. The van der Waals surface area contributed by atoms with Gasteiger partial charge in [0.15, 0.2) is 5.75 Å². The first kappa shape index (κ1) is 60.1. The second-order valence-electron chi connectivity index (χ2n) is 23.3. The number of amides is 1. The highest BCUT2D eigenvalue weighted by molar-refractivity contribution is 6.24. The number of aliphatic hydroxyl groups excluding tert-OH is 2. The van der Waals surface area contributed by atoms with Crippen LogP contribution in [0.25, 0.3) is 21.7 Å². The molecule has 0 radical (unpaired) electrons. The number of hydrogen-bond acceptors (Lipinski definition) is 18. The number of likely N-dealkylation sites (tertiary alicyclic amines) is 1. The first-order chi connectivity index (χ1) is 39.3. The van der Waals surface area contributed by atoms with Crippen molar-refractivity contribution in [3.63, 3.8) is 0 Å². The molecule has 4 aromatic rings. The molecule has 6 heterocycles. The number of ether oxygens (including phenoxy) is 4. The van der Waals surface area contributed by atoms with Crippen molar-refractivity contribution in [2.45, 2.75) is 136 Å². The molecule has 22 heteroatoms. The molecule has 5 aliphatic heterocycles. The Hall–Kier alpha value is -7.53. The van der Waals surface area contributed by atoms with Crippen molar-refractivity contribution < 1.29 is 73.2 Å². The number of carbonyl (C=O) groups is 4. The summed E-state index contributed by atoms with van der Waals surface area (Å²) in [6.45, 7) is 14.4. The molecule has 2 saturated heterocycles. The normalized spacial score (nSPS) is 29.2. The molecular formula is C61H75FN6O15. The first-order valence-corrected chi connectivity index (χ1v) is 28.2. The smallest absolute Gasteiger partial charge is 0.341 e. The summed E-state index contributed by atoms with van der Waals surface area (Å²) in [6, 6.07) is 2.07. The van der Waals surface area contributed by atoms with Gasteiger partial charge in [-0.2, -0.15) is 5.10 Å². The topological polar surface area (TPSA) is 283 Å². The Morgan fingerprint density at radius 1 is 0.904 bits per heavy atom. The minimum Gasteiger partial charge on any atom is -0.507 e. The number of aromatic hydroxyl groups is 3. The number of aromatic nitrogens is 1. The number of benzene rings is 3. The van der Waals surface area contributed by atoms with Crippen LogP contribution >= 0.6 is 0 Å². The van der Waals surface area contributed by atoms with Crippen molar-refractivity contribution in [2.24, 2.45) is 28.8 Å². The molecule has 5 bridgehead atoms. The SMILES string of the molecule is CO[C@H]1/C=C/O[C@@]2(C)Oc3c(C)c(O)c4c(O)c(c(/C=N/N(C5CCN(C)CC5)C5CCN(c6cc7c(cc6F)c(=O)c(C(=O)O)cn7C6CC6)C5)c(O)c4c3C2=O)NC(=O)/C(C)=C\C=C\[C@H](C)[C@H](O)[C@@H](C)[C@@H](O)[C@@H](C)[C@H](OC(C)=O)[C@@H]1C. The number of piperidine rings is 1. The van der Waals surface area contributed by atoms with Gasteiger partial charge >= 0.3 is 17.7 Å². The van der Waals surface area contributed by atoms with E-state index in [1.165, 1.54) is 65.6 Å². The fourth-order valence-electron chi connectivity index (χ4n) is 12.3. The number of hydrogen-bond donors (Lipinski definition) is 7. The molecule has 83 heavy (non-hydrogen) atoms. The number of nitrogens with one attached hydrogen (secondary N) is 1. The molecular weight excluding hydrogens is 1080 g/mol. The lowest BCUT2D eigenvalue weighted by atomic mass is 9.78. The Morgan fingerprint density at radius 2 is 1.59 bits per heavy atom. The molecule has 0 spiro atoms. The van der Waals surface area contributed by atoms with Gasteiger partial charge in [0.1, 0.15) is 34.7 Å². The van der Waals surface area contributed by atoms with Crippen LogP contribution in [0.3, 0.4) is 0 Å². The summed E-state index contributed by atoms with van der Waals surface area (Å²) in [6.07, 6.45) is 9.13. The lowest BCUT2D eigenvalue weighted by Crippen LogP contribution is -2.46. The second-order valence-corrected chi connectivity index (χ2v) is 23.3. The number of methoxy groups -OCH3 is 1. The highest BCUT2D eigenvalue weighted by Crippen LogP contribution is 2.55. The van der Waals surface area contributed by atoms with Crippen molar-refractivity contribution in [3.05, 3.63) is 92.8 Å². The predicted octanol–water partition coefficient (Wildman–Crippen LogP) is 7.25. The predicted molar refractivity (Wildman–Crippen MR) is 308 cm³/mol. The van der Waals surface area contributed by atoms with Gasteiger partial charge in [-0.15, -0.1) is 0 Å². The number of anilines is 2. The molecule has 1 aliphatic carbocycles. The number of carboxylic acids is 1. The van der Waals surface area contributed by atoms with E-state index >= 15 is 4.39 Å². The zero-order valence-corrected chi connectivity index (χ0v) is 48.4. The van der Waals surface area contributed by atoms with Gasteiger partial charge < -0.3 is 69.3 Å². The Bertz CT molecular complexity index is 3440. The maximum atomic E-state index is 16.4. The number of nitrogens with zero attached hydrogens (tertiary/aromatic N) is 5. The Labute approximate surface area is 479 Å². The average molecular weight is 1150 g/mol. The van der Waals surface area contributed by atoms with Gasteiger partial charge in [0, 0.05) is 97.9 Å². The number of esters is 1. The lowest BCUT2D eigenvalue weighted by molar-refractivity contribution is -0.160. The molecule has 3 aromatic carbocycles. The van der Waals surface area contributed by atoms with E-state index in [0.717, 1.165) is 18.9 Å². The van der Waals surface area contributed by atoms with Crippen LogP contribution < -0.4 is 20.4 Å². The number of hydrazone groups is 1. The largest absolute Gasteiger partial charge is 0.507 e. The molecule has 1 amide bonds. The van der Waals surface area contributed by atoms with Gasteiger partial charge in [-0.05, 0) is 84.3 Å². The van der Waals surface area contributed by atoms with Crippen molar-refractivity contribution in [1.82, 2.24) is 14.5 Å². The maximum Gasteiger partial charge on any atom is 0.341 e. The van der Waals surface area contributed by atoms with Crippen LogP contribution in [-0.2, 0) is 23.8 Å². The second kappa shape index (κ2) is 23.6. The van der Waals surface area contributed by atoms with Crippen LogP contribution in [0.15, 0.2) is 64.4 Å². The van der Waals surface area contributed by atoms with E-state index in [1.807, 2.05) is 17.0 Å². The Kier molecular flexibility index (Phi) is 17.1. The number of pyridine rings is 1. The standard InChI is InChI=1S/C61H75FN6O15/c1-29-12-11-13-30(2)59(77)64-49-40(26-63-68(37-16-20-65(9)21-17-37)38-18-22-66(27-38)44-25-43-39(24-42(44)62)53(73)41(60(78)79)28-67(43)36-14-15-36)54(74)46-47(55(49)75)52(72)34(6)57-48(46)58(76)61(8,83-57)81-23-19-45(80-10)31(3)56(82-35(7)69)33(5)51(71)32(4)50(29)70/h11-13,19,23-26,28-29,31-33,36-38,45,50-51,56,70-72,74-75H,14-18,20-22,27H2,1-10H3,(H,64,77)(H,78,79)/b12-11+,23-19+,30-13-,63-26+/t29-,31+,32+,33+,38?,45-,50-,51+,56+,61-/m0/s1. The third kappa shape index (κ3) is 11.4. The lowest BCUT2D eigenvalue weighted by Gasteiger charge is -2.39. The van der Waals surface area contributed by atoms with Gasteiger partial charge in [-0.25, -0.2) is 9.18 Å². The van der Waals surface area contributed by atoms with Gasteiger partial charge in [-0.3, -0.25) is 24.2 Å². The third-order valence-corrected chi connectivity index (χ3v) is 17.6. The summed E-state index contributed by atoms with van der Waals surface area (Å²) < 4.78 is 42.1. The van der Waals surface area contributed by atoms with E-state index in [-0.39, 0.29) is 74.2 Å². The highest BCUT2D eigenvalue weighted by Gasteiger charge is 2.50. The van der Waals surface area contributed by atoms with Crippen LogP contribution in [0.2, 0.25) is 0 Å². The monoisotopic (exact) mass is 1150 g/mol. The number of Topliss-reactive ketones (excluding diaryl/α,β-unsaturated/α-hetero) is 1. The van der Waals surface area contributed by atoms with Gasteiger partial charge in [-0.1, -0.05) is 45.9 Å². The number of phenols is 3. The van der Waals surface area contributed by atoms with Crippen molar-refractivity contribution in [2.75, 3.05) is 50.6 Å². The van der Waals surface area contributed by atoms with Gasteiger partial charge in [0.2, 0.25) is 5.43 Å². The fourth-order valence-corrected chi connectivity index (χ4v) is 12.3. The van der Waals surface area contributed by atoms with E-state index in [2.05, 4.69) is 10.2 Å². The minimum absolute atomic E-state index is 0.00843. The molecule has 1 aromatic heterocycles. The van der Waals surface area contributed by atoms with E-state index in [9.17, 15) is 54.6 Å². The molecule has 21 nitrogen and oxygen atoms in total. The van der Waals surface area contributed by atoms with Crippen LogP contribution in [-0.4, -0.2) is 158 Å². The number of allylic oxidation sites excluding steroid dienone is 2. The minimum atomic E-state index is -2.15. The Morgan fingerprint density at radius 3 is 2.24 bits per heavy atom. The quantitative estimate of drug-likeness (QED) is 0.0286. The molecule has 3 fully saturated rings. The van der Waals surface area contributed by atoms with Crippen molar-refractivity contribution in [3.8, 4) is 23.0 Å². The number of fused-ring (bicyclic) bond motifs is 15. The zero-order chi connectivity index (χ0) is 60.3. The Balaban J connectivity index is 1.16. The number of ketones is 1. The van der Waals surface area contributed by atoms with Crippen LogP contribution in [0.5, 0.6) is 23.0 Å². The molecule has 10 rings (SSSR count). The average Bonchev–Trinajstić information content (AvgIpc) is 2.44. The summed E-state index contributed by atoms with van der Waals surface area (Å²) in [5.74, 6) is -11.3. The molecule has 1 unspecified atom stereocenters. The van der Waals surface area contributed by atoms with Crippen molar-refractivity contribution in [1.29, 1.82) is 0 Å². The van der Waals surface area contributed by atoms with E-state index in [0.29, 0.717) is 44.4 Å². The van der Waals surface area contributed by atoms with Gasteiger partial charge in [0.25, 0.3) is 11.7 Å². The van der Waals surface area contributed by atoms with E-state index in [4.69, 9.17) is 24.0 Å². The number of halogens is 1. The molecule has 446 valence electrons. The van der Waals surface area contributed by atoms with E-state index < -0.39 is 118 Å². The summed E-state index contributed by atoms with van der Waals surface area (Å²) >= 11 is 0. The van der Waals surface area contributed by atoms with Crippen LogP contribution in [0, 0.1) is 36.4 Å². The summed E-state index contributed by atoms with van der Waals surface area (Å²) in [5.41, 5.74) is -1.36. The number of aliphatic hydroxyl groups is 2. The molecule has 6 aliphatic rings. The maximum absolute atomic E-state index is 16.4. The molecule has 1 saturated carbocycles. The van der Waals surface area contributed by atoms with Crippen LogP contribution in [0.4, 0.5) is 15.8 Å². The van der Waals surface area contributed by atoms with Crippen LogP contribution in [0.1, 0.15) is 118 Å². The van der Waals surface area contributed by atoms with E-state index in [1.54, 1.807) is 50.5 Å². The zero-order valence-electron chi connectivity index (χ0n) is 48.4. The summed E-state index contributed by atoms with van der Waals surface area (Å²) in [4.78, 5) is 71.3. The first-order valence-electron chi connectivity index (χ1n) is 28.2. The number of aromatic carboxylic acids is 1. The number of carbonyl (C=O) groups excluding carboxylic acids is 3. The molecule has 10 atom stereocenters. The fraction of sp³-hybridized carbons (Fsp3) is 0.508. The number of rotatable bonds is 9. The third-order valence-electron chi connectivity index (χ3n) is 17.6. The highest BCUT2D eigenvalue weighted by atomic mass is 19.1. The van der Waals surface area contributed by atoms with Crippen molar-refractivity contribution >= 4 is 62.9 Å². The van der Waals surface area contributed by atoms with Gasteiger partial charge in [0.05, 0.1) is 70.2 Å². The summed E-state index contributed by atoms with van der Waals surface area (Å²) in [5, 5.41) is 79.2. The summed E-state index contributed by atoms with van der Waals surface area (Å²) in [7, 11) is 3.42. The number of phenolic OH excluding ortho intramolecular Hbond substituents is 3.